The number of hydrogen-bond donors (Lipinski definition) is 1. The first-order valence-electron chi connectivity index (χ1n) is 13.8. The Labute approximate surface area is 239 Å². The summed E-state index contributed by atoms with van der Waals surface area (Å²) in [5.41, 5.74) is 6.13. The first-order chi connectivity index (χ1) is 19.5. The fourth-order valence-corrected chi connectivity index (χ4v) is 6.16. The van der Waals surface area contributed by atoms with Crippen molar-refractivity contribution in [3.8, 4) is 34.1 Å². The van der Waals surface area contributed by atoms with Gasteiger partial charge in [0.1, 0.15) is 0 Å². The van der Waals surface area contributed by atoms with Crippen LogP contribution in [-0.4, -0.2) is 61.9 Å². The zero-order chi connectivity index (χ0) is 27.8. The molecule has 2 aliphatic heterocycles. The summed E-state index contributed by atoms with van der Waals surface area (Å²) >= 11 is 6.65. The molecular formula is C31H35ClN4O4. The van der Waals surface area contributed by atoms with Gasteiger partial charge in [-0.05, 0) is 48.2 Å². The predicted molar refractivity (Wildman–Crippen MR) is 157 cm³/mol. The number of halogens is 1. The Morgan fingerprint density at radius 3 is 2.60 bits per heavy atom. The molecule has 3 heterocycles. The van der Waals surface area contributed by atoms with Gasteiger partial charge in [0.05, 0.1) is 38.0 Å². The number of rotatable bonds is 8. The van der Waals surface area contributed by atoms with Gasteiger partial charge in [-0.25, -0.2) is 0 Å². The molecule has 1 aromatic heterocycles. The van der Waals surface area contributed by atoms with Gasteiger partial charge in [-0.2, -0.15) is 5.10 Å². The van der Waals surface area contributed by atoms with Gasteiger partial charge in [0.2, 0.25) is 6.79 Å². The maximum absolute atomic E-state index is 6.65. The van der Waals surface area contributed by atoms with Crippen molar-refractivity contribution in [3.05, 3.63) is 64.3 Å². The summed E-state index contributed by atoms with van der Waals surface area (Å²) in [4.78, 5) is 2.54. The zero-order valence-electron chi connectivity index (χ0n) is 23.4. The van der Waals surface area contributed by atoms with Crippen LogP contribution < -0.4 is 24.3 Å². The van der Waals surface area contributed by atoms with Gasteiger partial charge in [0, 0.05) is 48.2 Å². The van der Waals surface area contributed by atoms with Gasteiger partial charge in [-0.1, -0.05) is 36.7 Å². The third-order valence-corrected chi connectivity index (χ3v) is 8.43. The minimum absolute atomic E-state index is 0.148. The highest BCUT2D eigenvalue weighted by molar-refractivity contribution is 6.31. The molecule has 2 aliphatic rings. The summed E-state index contributed by atoms with van der Waals surface area (Å²) in [6.45, 7) is 8.91. The van der Waals surface area contributed by atoms with Gasteiger partial charge in [0.15, 0.2) is 23.0 Å². The molecule has 0 saturated carbocycles. The van der Waals surface area contributed by atoms with E-state index >= 15 is 0 Å². The molecule has 0 spiro atoms. The molecule has 6 rings (SSSR count). The van der Waals surface area contributed by atoms with Crippen LogP contribution in [0.2, 0.25) is 5.02 Å². The molecule has 9 heteroatoms. The second-order valence-electron chi connectivity index (χ2n) is 10.2. The number of aromatic nitrogens is 2. The summed E-state index contributed by atoms with van der Waals surface area (Å²) in [5.74, 6) is 2.86. The molecule has 210 valence electrons. The summed E-state index contributed by atoms with van der Waals surface area (Å²) in [7, 11) is 3.30. The number of hydrogen-bond acceptors (Lipinski definition) is 7. The van der Waals surface area contributed by atoms with Gasteiger partial charge < -0.3 is 24.3 Å². The van der Waals surface area contributed by atoms with E-state index in [1.807, 2.05) is 24.3 Å². The highest BCUT2D eigenvalue weighted by atomic mass is 35.5. The molecule has 1 N–H and O–H groups in total. The SMILES string of the molecule is CCC(c1nn(Cc2ccc(OC)c(OC)c2)c2cc3c(c(-c4cccc(Cl)c4C)c12)OCO3)N1CCNCC1. The number of fused-ring (bicyclic) bond motifs is 2. The first kappa shape index (κ1) is 26.7. The smallest absolute Gasteiger partial charge is 0.231 e. The standard InChI is InChI=1S/C31H35ClN4O4/c1-5-23(35-13-11-33-12-14-35)30-29-24(36(34-30)17-20-9-10-25(37-3)26(15-20)38-4)16-27-31(40-18-39-27)28(29)21-7-6-8-22(32)19(21)2/h6-10,15-16,23,33H,5,11-14,17-18H2,1-4H3. The van der Waals surface area contributed by atoms with E-state index in [1.54, 1.807) is 14.2 Å². The molecule has 0 bridgehead atoms. The van der Waals surface area contributed by atoms with Crippen LogP contribution in [0.15, 0.2) is 42.5 Å². The maximum Gasteiger partial charge on any atom is 0.231 e. The van der Waals surface area contributed by atoms with E-state index in [0.717, 1.165) is 88.0 Å². The van der Waals surface area contributed by atoms with Crippen molar-refractivity contribution in [2.45, 2.75) is 32.9 Å². The van der Waals surface area contributed by atoms with Crippen molar-refractivity contribution in [1.29, 1.82) is 0 Å². The average molecular weight is 563 g/mol. The van der Waals surface area contributed by atoms with Crippen LogP contribution in [0.1, 0.15) is 36.2 Å². The second-order valence-corrected chi connectivity index (χ2v) is 10.6. The third kappa shape index (κ3) is 4.64. The number of nitrogens with zero attached hydrogens (tertiary/aromatic N) is 3. The molecular weight excluding hydrogens is 528 g/mol. The van der Waals surface area contributed by atoms with Crippen molar-refractivity contribution in [2.24, 2.45) is 0 Å². The van der Waals surface area contributed by atoms with Gasteiger partial charge in [-0.15, -0.1) is 0 Å². The van der Waals surface area contributed by atoms with E-state index in [1.165, 1.54) is 0 Å². The maximum atomic E-state index is 6.65. The molecule has 0 radical (unpaired) electrons. The molecule has 4 aromatic rings. The number of benzene rings is 3. The second kappa shape index (κ2) is 11.2. The highest BCUT2D eigenvalue weighted by Crippen LogP contribution is 2.50. The zero-order valence-corrected chi connectivity index (χ0v) is 24.2. The minimum atomic E-state index is 0.148. The van der Waals surface area contributed by atoms with E-state index in [4.69, 9.17) is 35.6 Å². The number of nitrogens with one attached hydrogen (secondary N) is 1. The van der Waals surface area contributed by atoms with Crippen molar-refractivity contribution in [3.63, 3.8) is 0 Å². The largest absolute Gasteiger partial charge is 0.493 e. The van der Waals surface area contributed by atoms with Crippen LogP contribution in [0.25, 0.3) is 22.0 Å². The predicted octanol–water partition coefficient (Wildman–Crippen LogP) is 5.82. The van der Waals surface area contributed by atoms with E-state index in [2.05, 4.69) is 46.9 Å². The number of ether oxygens (including phenoxy) is 4. The fraction of sp³-hybridized carbons (Fsp3) is 0.387. The average Bonchev–Trinajstić information content (AvgIpc) is 3.59. The Balaban J connectivity index is 1.60. The number of piperazine rings is 1. The first-order valence-corrected chi connectivity index (χ1v) is 14.2. The van der Waals surface area contributed by atoms with E-state index in [-0.39, 0.29) is 12.8 Å². The summed E-state index contributed by atoms with van der Waals surface area (Å²) < 4.78 is 25.2. The Kier molecular flexibility index (Phi) is 7.49. The van der Waals surface area contributed by atoms with Crippen molar-refractivity contribution < 1.29 is 18.9 Å². The van der Waals surface area contributed by atoms with Crippen LogP contribution in [-0.2, 0) is 6.54 Å². The summed E-state index contributed by atoms with van der Waals surface area (Å²) in [6, 6.07) is 14.2. The third-order valence-electron chi connectivity index (χ3n) is 8.02. The normalized spacial score (nSPS) is 15.9. The molecule has 8 nitrogen and oxygen atoms in total. The summed E-state index contributed by atoms with van der Waals surface area (Å²) in [6.07, 6.45) is 0.935. The molecule has 0 aliphatic carbocycles. The summed E-state index contributed by atoms with van der Waals surface area (Å²) in [5, 5.41) is 10.6. The van der Waals surface area contributed by atoms with Crippen LogP contribution in [0, 0.1) is 6.92 Å². The molecule has 1 unspecified atom stereocenters. The Morgan fingerprint density at radius 2 is 1.85 bits per heavy atom. The lowest BCUT2D eigenvalue weighted by atomic mass is 9.92. The van der Waals surface area contributed by atoms with Crippen LogP contribution in [0.3, 0.4) is 0 Å². The van der Waals surface area contributed by atoms with Gasteiger partial charge >= 0.3 is 0 Å². The Hall–Kier alpha value is -3.46. The Morgan fingerprint density at radius 1 is 1.05 bits per heavy atom. The van der Waals surface area contributed by atoms with E-state index in [9.17, 15) is 0 Å². The van der Waals surface area contributed by atoms with Gasteiger partial charge in [-0.3, -0.25) is 9.58 Å². The van der Waals surface area contributed by atoms with E-state index in [0.29, 0.717) is 18.0 Å². The molecule has 40 heavy (non-hydrogen) atoms. The monoisotopic (exact) mass is 562 g/mol. The van der Waals surface area contributed by atoms with Crippen LogP contribution in [0.4, 0.5) is 0 Å². The Bertz CT molecular complexity index is 1550. The lowest BCUT2D eigenvalue weighted by Crippen LogP contribution is -2.45. The topological polar surface area (TPSA) is 70.0 Å². The van der Waals surface area contributed by atoms with Crippen molar-refractivity contribution in [2.75, 3.05) is 47.2 Å². The lowest BCUT2D eigenvalue weighted by Gasteiger charge is -2.33. The molecule has 1 fully saturated rings. The molecule has 1 saturated heterocycles. The van der Waals surface area contributed by atoms with Crippen molar-refractivity contribution >= 4 is 22.5 Å². The van der Waals surface area contributed by atoms with Crippen LogP contribution >= 0.6 is 11.6 Å². The lowest BCUT2D eigenvalue weighted by molar-refractivity contribution is 0.166. The molecule has 1 atom stereocenters. The minimum Gasteiger partial charge on any atom is -0.493 e. The van der Waals surface area contributed by atoms with Crippen molar-refractivity contribution in [1.82, 2.24) is 20.0 Å². The molecule has 0 amide bonds. The fourth-order valence-electron chi connectivity index (χ4n) is 5.99. The highest BCUT2D eigenvalue weighted by Gasteiger charge is 2.32. The quantitative estimate of drug-likeness (QED) is 0.290. The molecule has 3 aromatic carbocycles. The van der Waals surface area contributed by atoms with Gasteiger partial charge in [0.25, 0.3) is 0 Å². The van der Waals surface area contributed by atoms with E-state index < -0.39 is 0 Å². The number of methoxy groups -OCH3 is 2. The van der Waals surface area contributed by atoms with Crippen LogP contribution in [0.5, 0.6) is 23.0 Å².